The summed E-state index contributed by atoms with van der Waals surface area (Å²) in [5.74, 6) is -0.654. The summed E-state index contributed by atoms with van der Waals surface area (Å²) in [5, 5.41) is 12.8. The van der Waals surface area contributed by atoms with E-state index in [4.69, 9.17) is 11.0 Å². The topological polar surface area (TPSA) is 91.8 Å². The number of amides is 1. The van der Waals surface area contributed by atoms with E-state index in [0.717, 1.165) is 23.5 Å². The zero-order valence-electron chi connectivity index (χ0n) is 10.2. The summed E-state index contributed by atoms with van der Waals surface area (Å²) in [5.41, 5.74) is 4.13. The van der Waals surface area contributed by atoms with Crippen LogP contribution in [0, 0.1) is 11.3 Å². The summed E-state index contributed by atoms with van der Waals surface area (Å²) in [6.07, 6.45) is -4.56. The van der Waals surface area contributed by atoms with Gasteiger partial charge >= 0.3 is 6.18 Å². The second kappa shape index (κ2) is 5.41. The molecule has 2 rings (SSSR count). The van der Waals surface area contributed by atoms with Crippen LogP contribution in [-0.4, -0.2) is 10.9 Å². The number of aromatic nitrogens is 1. The first-order valence-electron chi connectivity index (χ1n) is 5.45. The molecule has 9 heteroatoms. The Bertz CT molecular complexity index is 733. The molecule has 0 fully saturated rings. The van der Waals surface area contributed by atoms with Crippen molar-refractivity contribution in [3.63, 3.8) is 0 Å². The number of nitrogen functional groups attached to an aromatic ring is 1. The van der Waals surface area contributed by atoms with Gasteiger partial charge in [-0.1, -0.05) is 0 Å². The zero-order chi connectivity index (χ0) is 15.6. The lowest BCUT2D eigenvalue weighted by molar-refractivity contribution is -0.137. The van der Waals surface area contributed by atoms with Gasteiger partial charge in [0.05, 0.1) is 16.8 Å². The SMILES string of the molecule is N#Cc1cc(C(F)(F)F)ccc1NC(=O)c1csc(N)n1. The fraction of sp³-hybridized carbons (Fsp3) is 0.0833. The maximum Gasteiger partial charge on any atom is 0.416 e. The van der Waals surface area contributed by atoms with Crippen molar-refractivity contribution >= 4 is 28.1 Å². The minimum Gasteiger partial charge on any atom is -0.375 e. The van der Waals surface area contributed by atoms with Gasteiger partial charge in [-0.25, -0.2) is 4.98 Å². The highest BCUT2D eigenvalue weighted by atomic mass is 32.1. The molecule has 1 amide bonds. The number of nitriles is 1. The molecule has 0 spiro atoms. The van der Waals surface area contributed by atoms with Gasteiger partial charge in [-0.2, -0.15) is 18.4 Å². The lowest BCUT2D eigenvalue weighted by Gasteiger charge is -2.10. The highest BCUT2D eigenvalue weighted by molar-refractivity contribution is 7.13. The molecule has 5 nitrogen and oxygen atoms in total. The van der Waals surface area contributed by atoms with E-state index in [-0.39, 0.29) is 22.1 Å². The summed E-state index contributed by atoms with van der Waals surface area (Å²) in [6.45, 7) is 0. The van der Waals surface area contributed by atoms with Gasteiger partial charge in [0.1, 0.15) is 11.8 Å². The van der Waals surface area contributed by atoms with Crippen LogP contribution >= 0.6 is 11.3 Å². The van der Waals surface area contributed by atoms with E-state index in [1.165, 1.54) is 5.38 Å². The number of nitrogens with two attached hydrogens (primary N) is 1. The van der Waals surface area contributed by atoms with Gasteiger partial charge in [-0.15, -0.1) is 11.3 Å². The van der Waals surface area contributed by atoms with Crippen molar-refractivity contribution in [3.05, 3.63) is 40.4 Å². The normalized spacial score (nSPS) is 11.0. The minimum atomic E-state index is -4.56. The zero-order valence-corrected chi connectivity index (χ0v) is 11.0. The Labute approximate surface area is 120 Å². The second-order valence-corrected chi connectivity index (χ2v) is 4.78. The van der Waals surface area contributed by atoms with Gasteiger partial charge in [0.2, 0.25) is 0 Å². The quantitative estimate of drug-likeness (QED) is 0.892. The van der Waals surface area contributed by atoms with Crippen LogP contribution in [0.3, 0.4) is 0 Å². The van der Waals surface area contributed by atoms with Crippen LogP contribution in [0.2, 0.25) is 0 Å². The monoisotopic (exact) mass is 312 g/mol. The van der Waals surface area contributed by atoms with Gasteiger partial charge in [0.25, 0.3) is 5.91 Å². The number of nitrogens with one attached hydrogen (secondary N) is 1. The summed E-state index contributed by atoms with van der Waals surface area (Å²) in [4.78, 5) is 15.6. The molecule has 1 aromatic heterocycles. The number of hydrogen-bond acceptors (Lipinski definition) is 5. The Balaban J connectivity index is 2.29. The maximum absolute atomic E-state index is 12.5. The lowest BCUT2D eigenvalue weighted by Crippen LogP contribution is -2.14. The number of carbonyl (C=O) groups excluding carboxylic acids is 1. The van der Waals surface area contributed by atoms with Crippen LogP contribution in [0.15, 0.2) is 23.6 Å². The molecular weight excluding hydrogens is 305 g/mol. The Hall–Kier alpha value is -2.60. The first-order chi connectivity index (χ1) is 9.81. The van der Waals surface area contributed by atoms with Crippen LogP contribution in [0.4, 0.5) is 24.0 Å². The van der Waals surface area contributed by atoms with Gasteiger partial charge < -0.3 is 11.1 Å². The number of anilines is 2. The van der Waals surface area contributed by atoms with Crippen LogP contribution in [-0.2, 0) is 6.18 Å². The molecule has 0 saturated heterocycles. The van der Waals surface area contributed by atoms with Gasteiger partial charge in [-0.3, -0.25) is 4.79 Å². The van der Waals surface area contributed by atoms with Crippen molar-refractivity contribution in [3.8, 4) is 6.07 Å². The third-order valence-corrected chi connectivity index (χ3v) is 3.14. The molecule has 0 saturated carbocycles. The third-order valence-electron chi connectivity index (χ3n) is 2.47. The molecule has 0 aliphatic heterocycles. The van der Waals surface area contributed by atoms with Crippen LogP contribution in [0.1, 0.15) is 21.6 Å². The predicted molar refractivity (Wildman–Crippen MR) is 70.6 cm³/mol. The second-order valence-electron chi connectivity index (χ2n) is 3.90. The highest BCUT2D eigenvalue weighted by Crippen LogP contribution is 2.31. The number of rotatable bonds is 2. The summed E-state index contributed by atoms with van der Waals surface area (Å²) in [6, 6.07) is 4.09. The van der Waals surface area contributed by atoms with E-state index in [1.807, 2.05) is 0 Å². The Morgan fingerprint density at radius 3 is 2.67 bits per heavy atom. The standard InChI is InChI=1S/C12H7F3N4OS/c13-12(14,15)7-1-2-8(6(3-7)4-16)18-10(20)9-5-21-11(17)19-9/h1-3,5H,(H2,17,19)(H,18,20). The fourth-order valence-corrected chi connectivity index (χ4v) is 2.04. The van der Waals surface area contributed by atoms with Crippen LogP contribution in [0.25, 0.3) is 0 Å². The highest BCUT2D eigenvalue weighted by Gasteiger charge is 2.31. The largest absolute Gasteiger partial charge is 0.416 e. The third kappa shape index (κ3) is 3.29. The molecule has 0 radical (unpaired) electrons. The predicted octanol–water partition coefficient (Wildman–Crippen LogP) is 2.87. The van der Waals surface area contributed by atoms with Crippen LogP contribution in [0.5, 0.6) is 0 Å². The van der Waals surface area contributed by atoms with Crippen molar-refractivity contribution in [2.45, 2.75) is 6.18 Å². The first kappa shape index (κ1) is 14.8. The molecule has 1 aromatic carbocycles. The van der Waals surface area contributed by atoms with Gasteiger partial charge in [-0.05, 0) is 18.2 Å². The first-order valence-corrected chi connectivity index (χ1v) is 6.33. The average molecular weight is 312 g/mol. The van der Waals surface area contributed by atoms with E-state index in [2.05, 4.69) is 10.3 Å². The average Bonchev–Trinajstić information content (AvgIpc) is 2.84. The van der Waals surface area contributed by atoms with E-state index in [0.29, 0.717) is 6.07 Å². The lowest BCUT2D eigenvalue weighted by atomic mass is 10.1. The van der Waals surface area contributed by atoms with E-state index >= 15 is 0 Å². The molecule has 21 heavy (non-hydrogen) atoms. The maximum atomic E-state index is 12.5. The smallest absolute Gasteiger partial charge is 0.375 e. The molecule has 0 aliphatic rings. The van der Waals surface area contributed by atoms with Crippen molar-refractivity contribution in [1.82, 2.24) is 4.98 Å². The Kier molecular flexibility index (Phi) is 3.82. The minimum absolute atomic E-state index is 0.0259. The summed E-state index contributed by atoms with van der Waals surface area (Å²) < 4.78 is 37.6. The number of hydrogen-bond donors (Lipinski definition) is 2. The Morgan fingerprint density at radius 1 is 1.43 bits per heavy atom. The number of alkyl halides is 3. The molecule has 0 unspecified atom stereocenters. The van der Waals surface area contributed by atoms with Crippen molar-refractivity contribution in [2.75, 3.05) is 11.1 Å². The van der Waals surface area contributed by atoms with E-state index < -0.39 is 17.6 Å². The molecule has 0 bridgehead atoms. The number of halogens is 3. The van der Waals surface area contributed by atoms with Crippen LogP contribution < -0.4 is 11.1 Å². The number of nitrogens with zero attached hydrogens (tertiary/aromatic N) is 2. The number of benzene rings is 1. The molecule has 0 atom stereocenters. The van der Waals surface area contributed by atoms with Gasteiger partial charge in [0.15, 0.2) is 5.13 Å². The van der Waals surface area contributed by atoms with Crippen molar-refractivity contribution < 1.29 is 18.0 Å². The fourth-order valence-electron chi connectivity index (χ4n) is 1.50. The molecule has 1 heterocycles. The van der Waals surface area contributed by atoms with E-state index in [9.17, 15) is 18.0 Å². The van der Waals surface area contributed by atoms with E-state index in [1.54, 1.807) is 6.07 Å². The molecule has 0 aliphatic carbocycles. The number of thiazole rings is 1. The summed E-state index contributed by atoms with van der Waals surface area (Å²) in [7, 11) is 0. The molecule has 3 N–H and O–H groups in total. The molecular formula is C12H7F3N4OS. The molecule has 108 valence electrons. The van der Waals surface area contributed by atoms with Crippen molar-refractivity contribution in [1.29, 1.82) is 5.26 Å². The van der Waals surface area contributed by atoms with Crippen molar-refractivity contribution in [2.24, 2.45) is 0 Å². The van der Waals surface area contributed by atoms with Gasteiger partial charge in [0, 0.05) is 5.38 Å². The number of carbonyl (C=O) groups is 1. The Morgan fingerprint density at radius 2 is 2.14 bits per heavy atom. The summed E-state index contributed by atoms with van der Waals surface area (Å²) >= 11 is 1.05. The molecule has 2 aromatic rings.